The van der Waals surface area contributed by atoms with Gasteiger partial charge in [0.25, 0.3) is 0 Å². The van der Waals surface area contributed by atoms with Gasteiger partial charge in [0.05, 0.1) is 0 Å². The summed E-state index contributed by atoms with van der Waals surface area (Å²) in [4.78, 5) is 0. The second-order valence-electron chi connectivity index (χ2n) is 3.86. The van der Waals surface area contributed by atoms with Gasteiger partial charge in [0.2, 0.25) is 0 Å². The fraction of sp³-hybridized carbons (Fsp3) is 0.500. The van der Waals surface area contributed by atoms with Crippen LogP contribution in [0, 0.1) is 5.92 Å². The van der Waals surface area contributed by atoms with Gasteiger partial charge in [-0.25, -0.2) is 0 Å². The monoisotopic (exact) mass is 160 g/mol. The van der Waals surface area contributed by atoms with Crippen molar-refractivity contribution in [3.63, 3.8) is 0 Å². The molecule has 0 amide bonds. The first-order valence-electron chi connectivity index (χ1n) is 4.90. The van der Waals surface area contributed by atoms with Crippen LogP contribution in [0.1, 0.15) is 37.3 Å². The summed E-state index contributed by atoms with van der Waals surface area (Å²) in [6.07, 6.45) is 2.61. The molecule has 0 aliphatic heterocycles. The van der Waals surface area contributed by atoms with Crippen molar-refractivity contribution in [1.82, 2.24) is 0 Å². The van der Waals surface area contributed by atoms with Crippen molar-refractivity contribution in [1.29, 1.82) is 0 Å². The van der Waals surface area contributed by atoms with Crippen molar-refractivity contribution in [2.75, 3.05) is 0 Å². The summed E-state index contributed by atoms with van der Waals surface area (Å²) < 4.78 is 0. The average molecular weight is 160 g/mol. The minimum Gasteiger partial charge on any atom is -0.0651 e. The topological polar surface area (TPSA) is 0 Å². The van der Waals surface area contributed by atoms with Crippen molar-refractivity contribution < 1.29 is 0 Å². The van der Waals surface area contributed by atoms with Gasteiger partial charge in [-0.05, 0) is 29.4 Å². The molecule has 1 unspecified atom stereocenters. The third-order valence-electron chi connectivity index (χ3n) is 3.26. The molecular formula is C12H16. The predicted molar refractivity (Wildman–Crippen MR) is 52.3 cm³/mol. The first-order valence-corrected chi connectivity index (χ1v) is 4.90. The fourth-order valence-electron chi connectivity index (χ4n) is 2.38. The quantitative estimate of drug-likeness (QED) is 0.591. The molecule has 0 nitrogen and oxygen atoms in total. The first kappa shape index (κ1) is 7.85. The molecule has 0 saturated carbocycles. The molecule has 0 bridgehead atoms. The molecule has 0 spiro atoms. The van der Waals surface area contributed by atoms with Crippen molar-refractivity contribution in [2.45, 2.75) is 32.6 Å². The maximum Gasteiger partial charge on any atom is -0.0156 e. The van der Waals surface area contributed by atoms with Crippen molar-refractivity contribution in [3.05, 3.63) is 35.4 Å². The lowest BCUT2D eigenvalue weighted by atomic mass is 9.93. The Bertz CT molecular complexity index is 275. The summed E-state index contributed by atoms with van der Waals surface area (Å²) in [5, 5.41) is 0. The SMILES string of the molecule is CCC1Cc2ccccc2[C@H]1C. The van der Waals surface area contributed by atoms with Gasteiger partial charge in [-0.1, -0.05) is 44.5 Å². The summed E-state index contributed by atoms with van der Waals surface area (Å²) in [5.74, 6) is 1.67. The van der Waals surface area contributed by atoms with Gasteiger partial charge in [0.1, 0.15) is 0 Å². The third kappa shape index (κ3) is 1.06. The molecule has 1 aliphatic rings. The predicted octanol–water partition coefficient (Wildman–Crippen LogP) is 3.37. The zero-order valence-electron chi connectivity index (χ0n) is 7.88. The highest BCUT2D eigenvalue weighted by Crippen LogP contribution is 2.38. The molecule has 0 fully saturated rings. The molecule has 64 valence electrons. The second-order valence-corrected chi connectivity index (χ2v) is 3.86. The lowest BCUT2D eigenvalue weighted by molar-refractivity contribution is 0.468. The van der Waals surface area contributed by atoms with Crippen LogP contribution in [-0.4, -0.2) is 0 Å². The number of rotatable bonds is 1. The average Bonchev–Trinajstić information content (AvgIpc) is 2.44. The first-order chi connectivity index (χ1) is 5.83. The summed E-state index contributed by atoms with van der Waals surface area (Å²) in [7, 11) is 0. The Morgan fingerprint density at radius 3 is 2.75 bits per heavy atom. The zero-order chi connectivity index (χ0) is 8.55. The van der Waals surface area contributed by atoms with Gasteiger partial charge in [-0.3, -0.25) is 0 Å². The Hall–Kier alpha value is -0.780. The van der Waals surface area contributed by atoms with Gasteiger partial charge >= 0.3 is 0 Å². The van der Waals surface area contributed by atoms with Crippen LogP contribution < -0.4 is 0 Å². The molecule has 0 heteroatoms. The molecule has 2 atom stereocenters. The molecule has 1 aromatic rings. The van der Waals surface area contributed by atoms with E-state index in [1.54, 1.807) is 11.1 Å². The minimum absolute atomic E-state index is 0.784. The maximum absolute atomic E-state index is 2.36. The van der Waals surface area contributed by atoms with E-state index in [1.807, 2.05) is 0 Å². The number of benzene rings is 1. The maximum atomic E-state index is 2.36. The largest absolute Gasteiger partial charge is 0.0651 e. The van der Waals surface area contributed by atoms with E-state index in [0.29, 0.717) is 0 Å². The van der Waals surface area contributed by atoms with E-state index in [-0.39, 0.29) is 0 Å². The molecule has 12 heavy (non-hydrogen) atoms. The van der Waals surface area contributed by atoms with E-state index >= 15 is 0 Å². The lowest BCUT2D eigenvalue weighted by Crippen LogP contribution is -2.01. The van der Waals surface area contributed by atoms with E-state index in [2.05, 4.69) is 38.1 Å². The van der Waals surface area contributed by atoms with Crippen LogP contribution in [0.4, 0.5) is 0 Å². The molecular weight excluding hydrogens is 144 g/mol. The normalized spacial score (nSPS) is 27.2. The highest BCUT2D eigenvalue weighted by Gasteiger charge is 2.26. The number of hydrogen-bond acceptors (Lipinski definition) is 0. The summed E-state index contributed by atoms with van der Waals surface area (Å²) >= 11 is 0. The van der Waals surface area contributed by atoms with E-state index < -0.39 is 0 Å². The Morgan fingerprint density at radius 2 is 2.08 bits per heavy atom. The zero-order valence-corrected chi connectivity index (χ0v) is 7.88. The van der Waals surface area contributed by atoms with Crippen LogP contribution in [0.5, 0.6) is 0 Å². The van der Waals surface area contributed by atoms with Crippen molar-refractivity contribution in [2.24, 2.45) is 5.92 Å². The summed E-state index contributed by atoms with van der Waals surface area (Å²) in [6, 6.07) is 8.88. The Balaban J connectivity index is 2.35. The van der Waals surface area contributed by atoms with Crippen LogP contribution >= 0.6 is 0 Å². The highest BCUT2D eigenvalue weighted by molar-refractivity contribution is 5.35. The smallest absolute Gasteiger partial charge is 0.0156 e. The summed E-state index contributed by atoms with van der Waals surface area (Å²) in [5.41, 5.74) is 3.17. The molecule has 0 heterocycles. The van der Waals surface area contributed by atoms with Gasteiger partial charge in [0, 0.05) is 0 Å². The van der Waals surface area contributed by atoms with Crippen molar-refractivity contribution in [3.8, 4) is 0 Å². The van der Waals surface area contributed by atoms with Gasteiger partial charge in [0.15, 0.2) is 0 Å². The van der Waals surface area contributed by atoms with E-state index in [0.717, 1.165) is 11.8 Å². The van der Waals surface area contributed by atoms with Crippen LogP contribution in [0.3, 0.4) is 0 Å². The van der Waals surface area contributed by atoms with Crippen LogP contribution in [0.2, 0.25) is 0 Å². The Kier molecular flexibility index (Phi) is 1.92. The number of hydrogen-bond donors (Lipinski definition) is 0. The van der Waals surface area contributed by atoms with E-state index in [9.17, 15) is 0 Å². The molecule has 2 rings (SSSR count). The molecule has 0 aromatic heterocycles. The lowest BCUT2D eigenvalue weighted by Gasteiger charge is -2.12. The second kappa shape index (κ2) is 2.93. The van der Waals surface area contributed by atoms with Gasteiger partial charge < -0.3 is 0 Å². The molecule has 0 radical (unpaired) electrons. The molecule has 1 aromatic carbocycles. The fourth-order valence-corrected chi connectivity index (χ4v) is 2.38. The van der Waals surface area contributed by atoms with E-state index in [4.69, 9.17) is 0 Å². The van der Waals surface area contributed by atoms with Crippen LogP contribution in [-0.2, 0) is 6.42 Å². The summed E-state index contributed by atoms with van der Waals surface area (Å²) in [6.45, 7) is 4.66. The Labute approximate surface area is 74.6 Å². The van der Waals surface area contributed by atoms with Crippen molar-refractivity contribution >= 4 is 0 Å². The molecule has 0 saturated heterocycles. The molecule has 0 N–H and O–H groups in total. The third-order valence-corrected chi connectivity index (χ3v) is 3.26. The Morgan fingerprint density at radius 1 is 1.33 bits per heavy atom. The van der Waals surface area contributed by atoms with Crippen LogP contribution in [0.25, 0.3) is 0 Å². The molecule has 1 aliphatic carbocycles. The van der Waals surface area contributed by atoms with Gasteiger partial charge in [-0.15, -0.1) is 0 Å². The number of fused-ring (bicyclic) bond motifs is 1. The van der Waals surface area contributed by atoms with Gasteiger partial charge in [-0.2, -0.15) is 0 Å². The standard InChI is InChI=1S/C12H16/c1-3-10-8-11-6-4-5-7-12(11)9(10)2/h4-7,9-10H,3,8H2,1-2H3/t9-,10?/m0/s1. The highest BCUT2D eigenvalue weighted by atomic mass is 14.3. The van der Waals surface area contributed by atoms with E-state index in [1.165, 1.54) is 12.8 Å². The minimum atomic E-state index is 0.784. The van der Waals surface area contributed by atoms with Crippen LogP contribution in [0.15, 0.2) is 24.3 Å².